The Bertz CT molecular complexity index is 1150. The van der Waals surface area contributed by atoms with Crippen molar-refractivity contribution in [2.24, 2.45) is 0 Å². The third kappa shape index (κ3) is 3.71. The van der Waals surface area contributed by atoms with Gasteiger partial charge >= 0.3 is 0 Å². The molecule has 0 spiro atoms. The molecule has 4 aromatic rings. The highest BCUT2D eigenvalue weighted by Crippen LogP contribution is 2.31. The van der Waals surface area contributed by atoms with Crippen LogP contribution < -0.4 is 4.90 Å². The first-order chi connectivity index (χ1) is 14.3. The molecule has 6 heteroatoms. The molecule has 1 saturated heterocycles. The monoisotopic (exact) mass is 404 g/mol. The number of fused-ring (bicyclic) bond motifs is 1. The Morgan fingerprint density at radius 3 is 2.72 bits per heavy atom. The molecule has 146 valence electrons. The third-order valence-corrected chi connectivity index (χ3v) is 5.48. The Balaban J connectivity index is 1.55. The average Bonchev–Trinajstić information content (AvgIpc) is 3.13. The molecule has 0 saturated carbocycles. The quantitative estimate of drug-likeness (QED) is 0.497. The Kier molecular flexibility index (Phi) is 4.92. The molecule has 5 rings (SSSR count). The summed E-state index contributed by atoms with van der Waals surface area (Å²) in [5.41, 5.74) is 4.39. The van der Waals surface area contributed by atoms with Crippen molar-refractivity contribution >= 4 is 28.5 Å². The molecular weight excluding hydrogens is 384 g/mol. The lowest BCUT2D eigenvalue weighted by molar-refractivity contribution is 0.122. The van der Waals surface area contributed by atoms with E-state index < -0.39 is 0 Å². The van der Waals surface area contributed by atoms with E-state index in [4.69, 9.17) is 21.3 Å². The van der Waals surface area contributed by atoms with Gasteiger partial charge in [0.25, 0.3) is 0 Å². The van der Waals surface area contributed by atoms with Crippen molar-refractivity contribution in [3.8, 4) is 11.3 Å². The molecule has 1 fully saturated rings. The van der Waals surface area contributed by atoms with Gasteiger partial charge < -0.3 is 14.2 Å². The summed E-state index contributed by atoms with van der Waals surface area (Å²) in [6, 6.07) is 18.4. The molecule has 0 N–H and O–H groups in total. The molecule has 29 heavy (non-hydrogen) atoms. The Morgan fingerprint density at radius 1 is 1.00 bits per heavy atom. The minimum atomic E-state index is 0.715. The van der Waals surface area contributed by atoms with Gasteiger partial charge in [0.15, 0.2) is 0 Å². The van der Waals surface area contributed by atoms with Crippen molar-refractivity contribution in [2.75, 3.05) is 31.2 Å². The predicted octanol–water partition coefficient (Wildman–Crippen LogP) is 4.64. The molecule has 2 aromatic carbocycles. The summed E-state index contributed by atoms with van der Waals surface area (Å²) in [7, 11) is 0. The van der Waals surface area contributed by atoms with Gasteiger partial charge in [-0.15, -0.1) is 0 Å². The third-order valence-electron chi connectivity index (χ3n) is 5.24. The lowest BCUT2D eigenvalue weighted by atomic mass is 10.1. The number of halogens is 1. The number of benzene rings is 2. The number of hydrogen-bond donors (Lipinski definition) is 0. The molecule has 2 aromatic heterocycles. The van der Waals surface area contributed by atoms with E-state index in [2.05, 4.69) is 51.0 Å². The zero-order chi connectivity index (χ0) is 19.6. The second-order valence-corrected chi connectivity index (χ2v) is 7.60. The van der Waals surface area contributed by atoms with Crippen LogP contribution in [0.3, 0.4) is 0 Å². The van der Waals surface area contributed by atoms with Gasteiger partial charge in [-0.3, -0.25) is 0 Å². The van der Waals surface area contributed by atoms with Crippen LogP contribution in [0.2, 0.25) is 5.02 Å². The summed E-state index contributed by atoms with van der Waals surface area (Å²) in [5.74, 6) is 0.762. The number of ether oxygens (including phenoxy) is 1. The van der Waals surface area contributed by atoms with Gasteiger partial charge in [-0.25, -0.2) is 9.97 Å². The molecule has 1 aliphatic heterocycles. The number of anilines is 1. The maximum Gasteiger partial charge on any atom is 0.226 e. The van der Waals surface area contributed by atoms with E-state index in [0.717, 1.165) is 41.9 Å². The summed E-state index contributed by atoms with van der Waals surface area (Å²) < 4.78 is 7.71. The molecular formula is C23H21ClN4O. The van der Waals surface area contributed by atoms with Crippen LogP contribution in [0.5, 0.6) is 0 Å². The number of aromatic nitrogens is 3. The van der Waals surface area contributed by atoms with Crippen LogP contribution in [-0.4, -0.2) is 40.8 Å². The van der Waals surface area contributed by atoms with E-state index in [-0.39, 0.29) is 0 Å². The summed E-state index contributed by atoms with van der Waals surface area (Å²) in [6.45, 7) is 3.82. The van der Waals surface area contributed by atoms with E-state index in [0.29, 0.717) is 13.2 Å². The summed E-state index contributed by atoms with van der Waals surface area (Å²) >= 11 is 6.18. The van der Waals surface area contributed by atoms with E-state index in [1.807, 2.05) is 30.5 Å². The van der Waals surface area contributed by atoms with Crippen LogP contribution in [0.1, 0.15) is 5.56 Å². The van der Waals surface area contributed by atoms with Gasteiger partial charge in [0.05, 0.1) is 18.9 Å². The lowest BCUT2D eigenvalue weighted by Gasteiger charge is -2.26. The standard InChI is InChI=1S/C23H21ClN4O/c24-18-5-3-4-17(14-18)15-28-16-20(19-6-1-2-7-22(19)28)21-8-9-25-23(26-21)27-10-12-29-13-11-27/h1-9,14,16H,10-13,15H2. The summed E-state index contributed by atoms with van der Waals surface area (Å²) in [6.07, 6.45) is 4.02. The number of hydrogen-bond acceptors (Lipinski definition) is 4. The zero-order valence-electron chi connectivity index (χ0n) is 16.0. The molecule has 3 heterocycles. The molecule has 0 unspecified atom stereocenters. The van der Waals surface area contributed by atoms with Crippen LogP contribution in [0.25, 0.3) is 22.2 Å². The SMILES string of the molecule is Clc1cccc(Cn2cc(-c3ccnc(N4CCOCC4)n3)c3ccccc32)c1. The minimum absolute atomic E-state index is 0.715. The highest BCUT2D eigenvalue weighted by molar-refractivity contribution is 6.30. The van der Waals surface area contributed by atoms with Gasteiger partial charge in [-0.05, 0) is 29.8 Å². The maximum atomic E-state index is 6.18. The maximum absolute atomic E-state index is 6.18. The van der Waals surface area contributed by atoms with E-state index in [1.54, 1.807) is 0 Å². The fraction of sp³-hybridized carbons (Fsp3) is 0.217. The van der Waals surface area contributed by atoms with Gasteiger partial charge in [0.2, 0.25) is 5.95 Å². The van der Waals surface area contributed by atoms with Crippen LogP contribution in [0.4, 0.5) is 5.95 Å². The fourth-order valence-electron chi connectivity index (χ4n) is 3.83. The molecule has 0 aliphatic carbocycles. The van der Waals surface area contributed by atoms with E-state index in [9.17, 15) is 0 Å². The Morgan fingerprint density at radius 2 is 1.86 bits per heavy atom. The Labute approximate surface area is 174 Å². The van der Waals surface area contributed by atoms with Crippen LogP contribution in [0.15, 0.2) is 67.0 Å². The normalized spacial score (nSPS) is 14.4. The minimum Gasteiger partial charge on any atom is -0.378 e. The predicted molar refractivity (Wildman–Crippen MR) is 117 cm³/mol. The molecule has 1 aliphatic rings. The van der Waals surface area contributed by atoms with Gasteiger partial charge in [-0.2, -0.15) is 0 Å². The largest absolute Gasteiger partial charge is 0.378 e. The smallest absolute Gasteiger partial charge is 0.226 e. The second-order valence-electron chi connectivity index (χ2n) is 7.16. The first-order valence-corrected chi connectivity index (χ1v) is 10.1. The first-order valence-electron chi connectivity index (χ1n) is 9.76. The van der Waals surface area contributed by atoms with Crippen LogP contribution >= 0.6 is 11.6 Å². The topological polar surface area (TPSA) is 43.2 Å². The first kappa shape index (κ1) is 18.2. The number of para-hydroxylation sites is 1. The lowest BCUT2D eigenvalue weighted by Crippen LogP contribution is -2.37. The highest BCUT2D eigenvalue weighted by atomic mass is 35.5. The van der Waals surface area contributed by atoms with Crippen molar-refractivity contribution in [3.05, 3.63) is 77.6 Å². The summed E-state index contributed by atoms with van der Waals surface area (Å²) in [4.78, 5) is 11.5. The van der Waals surface area contributed by atoms with Crippen molar-refractivity contribution in [2.45, 2.75) is 6.54 Å². The van der Waals surface area contributed by atoms with Crippen LogP contribution in [-0.2, 0) is 11.3 Å². The number of rotatable bonds is 4. The van der Waals surface area contributed by atoms with Crippen LogP contribution in [0, 0.1) is 0 Å². The van der Waals surface area contributed by atoms with Gasteiger partial charge in [0.1, 0.15) is 0 Å². The number of morpholine rings is 1. The molecule has 0 amide bonds. The number of nitrogens with zero attached hydrogens (tertiary/aromatic N) is 4. The Hall–Kier alpha value is -2.89. The van der Waals surface area contributed by atoms with Crippen molar-refractivity contribution in [3.63, 3.8) is 0 Å². The summed E-state index contributed by atoms with van der Waals surface area (Å²) in [5, 5.41) is 1.94. The van der Waals surface area contributed by atoms with E-state index >= 15 is 0 Å². The molecule has 5 nitrogen and oxygen atoms in total. The molecule has 0 bridgehead atoms. The van der Waals surface area contributed by atoms with Gasteiger partial charge in [-0.1, -0.05) is 41.9 Å². The van der Waals surface area contributed by atoms with E-state index in [1.165, 1.54) is 16.5 Å². The molecule has 0 radical (unpaired) electrons. The van der Waals surface area contributed by atoms with Crippen molar-refractivity contribution in [1.82, 2.24) is 14.5 Å². The van der Waals surface area contributed by atoms with Gasteiger partial charge in [0, 0.05) is 53.5 Å². The molecule has 0 atom stereocenters. The highest BCUT2D eigenvalue weighted by Gasteiger charge is 2.16. The second kappa shape index (κ2) is 7.85. The van der Waals surface area contributed by atoms with Crippen molar-refractivity contribution < 1.29 is 4.74 Å². The van der Waals surface area contributed by atoms with Crippen molar-refractivity contribution in [1.29, 1.82) is 0 Å². The fourth-order valence-corrected chi connectivity index (χ4v) is 4.04. The average molecular weight is 405 g/mol. The zero-order valence-corrected chi connectivity index (χ0v) is 16.7.